The molecule has 0 fully saturated rings. The third-order valence-corrected chi connectivity index (χ3v) is 4.81. The van der Waals surface area contributed by atoms with Gasteiger partial charge in [0.25, 0.3) is 0 Å². The summed E-state index contributed by atoms with van der Waals surface area (Å²) >= 11 is 0. The van der Waals surface area contributed by atoms with Crippen molar-refractivity contribution in [2.75, 3.05) is 6.61 Å². The predicted octanol–water partition coefficient (Wildman–Crippen LogP) is 4.99. The molecule has 0 unspecified atom stereocenters. The molecular weight excluding hydrogens is 370 g/mol. The van der Waals surface area contributed by atoms with Crippen molar-refractivity contribution in [1.29, 1.82) is 0 Å². The zero-order chi connectivity index (χ0) is 20.8. The van der Waals surface area contributed by atoms with E-state index in [1.807, 2.05) is 0 Å². The fourth-order valence-electron chi connectivity index (χ4n) is 3.26. The lowest BCUT2D eigenvalue weighted by molar-refractivity contribution is 0.0989. The number of ether oxygens (including phenoxy) is 1. The fourth-order valence-corrected chi connectivity index (χ4v) is 3.26. The van der Waals surface area contributed by atoms with Crippen molar-refractivity contribution in [3.05, 3.63) is 53.6 Å². The molecule has 6 heteroatoms. The van der Waals surface area contributed by atoms with Crippen LogP contribution in [-0.2, 0) is 0 Å². The first kappa shape index (κ1) is 20.5. The summed E-state index contributed by atoms with van der Waals surface area (Å²) in [4.78, 5) is 25.8. The van der Waals surface area contributed by atoms with E-state index in [0.29, 0.717) is 0 Å². The van der Waals surface area contributed by atoms with E-state index >= 15 is 0 Å². The number of unbranched alkanes of at least 4 members (excludes halogenated alkanes) is 4. The lowest BCUT2D eigenvalue weighted by atomic mass is 9.93. The van der Waals surface area contributed by atoms with Crippen LogP contribution in [0.15, 0.2) is 42.5 Å². The van der Waals surface area contributed by atoms with E-state index in [-0.39, 0.29) is 22.6 Å². The highest BCUT2D eigenvalue weighted by Gasteiger charge is 2.25. The summed E-state index contributed by atoms with van der Waals surface area (Å²) in [6, 6.07) is 8.57. The molecule has 0 radical (unpaired) electrons. The molecule has 0 saturated heterocycles. The summed E-state index contributed by atoms with van der Waals surface area (Å²) < 4.78 is 5.71. The number of phenolic OH excluding ortho intramolecular Hbond substituents is 2. The van der Waals surface area contributed by atoms with Gasteiger partial charge in [0.2, 0.25) is 0 Å². The zero-order valence-electron chi connectivity index (χ0n) is 16.4. The van der Waals surface area contributed by atoms with E-state index < -0.39 is 11.6 Å². The van der Waals surface area contributed by atoms with Crippen molar-refractivity contribution in [2.45, 2.75) is 39.0 Å². The van der Waals surface area contributed by atoms with Crippen LogP contribution in [-0.4, -0.2) is 33.4 Å². The molecule has 2 heterocycles. The van der Waals surface area contributed by atoms with Crippen molar-refractivity contribution in [3.63, 3.8) is 0 Å². The molecule has 6 nitrogen and oxygen atoms in total. The molecule has 0 saturated carbocycles. The third kappa shape index (κ3) is 4.77. The van der Waals surface area contributed by atoms with Crippen LogP contribution in [0.4, 0.5) is 0 Å². The molecule has 2 bridgehead atoms. The van der Waals surface area contributed by atoms with Crippen molar-refractivity contribution >= 4 is 22.6 Å². The Morgan fingerprint density at radius 3 is 2.00 bits per heavy atom. The van der Waals surface area contributed by atoms with E-state index in [9.17, 15) is 19.8 Å². The van der Waals surface area contributed by atoms with Gasteiger partial charge in [-0.2, -0.15) is 0 Å². The van der Waals surface area contributed by atoms with Crippen LogP contribution < -0.4 is 4.74 Å². The van der Waals surface area contributed by atoms with Gasteiger partial charge in [0.1, 0.15) is 17.2 Å². The van der Waals surface area contributed by atoms with Crippen LogP contribution in [0.2, 0.25) is 0 Å². The maximum absolute atomic E-state index is 11.3. The summed E-state index contributed by atoms with van der Waals surface area (Å²) in [6.45, 7) is 3.09. The number of ketones is 2. The van der Waals surface area contributed by atoms with Gasteiger partial charge in [-0.15, -0.1) is 0 Å². The van der Waals surface area contributed by atoms with Gasteiger partial charge in [-0.05, 0) is 42.8 Å². The Morgan fingerprint density at radius 2 is 1.48 bits per heavy atom. The Labute approximate surface area is 169 Å². The first-order chi connectivity index (χ1) is 14.0. The number of allylic oxidation sites excluding steroid dienone is 2. The van der Waals surface area contributed by atoms with Crippen molar-refractivity contribution in [1.82, 2.24) is 4.98 Å². The summed E-state index contributed by atoms with van der Waals surface area (Å²) in [6.07, 6.45) is 8.60. The molecule has 1 aromatic carbocycles. The molecule has 0 spiro atoms. The number of aromatic nitrogens is 1. The number of carbonyl (C=O) groups excluding carboxylic acids is 2. The minimum Gasteiger partial charge on any atom is -0.507 e. The molecule has 0 aliphatic heterocycles. The van der Waals surface area contributed by atoms with Crippen molar-refractivity contribution in [2.24, 2.45) is 0 Å². The van der Waals surface area contributed by atoms with E-state index in [2.05, 4.69) is 30.1 Å². The van der Waals surface area contributed by atoms with Gasteiger partial charge in [0.05, 0.1) is 23.3 Å². The zero-order valence-corrected chi connectivity index (χ0v) is 16.4. The number of hydrogen-bond acceptors (Lipinski definition) is 5. The Hall–Kier alpha value is -3.28. The third-order valence-electron chi connectivity index (χ3n) is 4.81. The molecule has 2 aromatic heterocycles. The largest absolute Gasteiger partial charge is 0.507 e. The van der Waals surface area contributed by atoms with E-state index in [0.717, 1.165) is 35.5 Å². The Bertz CT molecular complexity index is 975. The molecule has 1 aliphatic carbocycles. The van der Waals surface area contributed by atoms with Crippen LogP contribution in [0.5, 0.6) is 17.2 Å². The first-order valence-corrected chi connectivity index (χ1v) is 9.86. The summed E-state index contributed by atoms with van der Waals surface area (Å²) in [7, 11) is 0. The molecule has 1 aliphatic rings. The summed E-state index contributed by atoms with van der Waals surface area (Å²) in [5.41, 5.74) is 2.03. The SMILES string of the molecule is CCCCCCCOc1cc2ccc1[nH]2.O=C1C=CC(=O)c2c(O)ccc(O)c21. The maximum atomic E-state index is 11.3. The quantitative estimate of drug-likeness (QED) is 0.387. The molecule has 3 aromatic rings. The second-order valence-electron chi connectivity index (χ2n) is 7.01. The van der Waals surface area contributed by atoms with Crippen LogP contribution >= 0.6 is 0 Å². The molecule has 3 N–H and O–H groups in total. The number of rotatable bonds is 7. The lowest BCUT2D eigenvalue weighted by Gasteiger charge is -2.11. The Kier molecular flexibility index (Phi) is 6.54. The number of fused-ring (bicyclic) bond motifs is 3. The summed E-state index contributed by atoms with van der Waals surface area (Å²) in [5, 5.41) is 18.7. The number of H-pyrrole nitrogens is 1. The monoisotopic (exact) mass is 395 g/mol. The molecule has 152 valence electrons. The van der Waals surface area contributed by atoms with Crippen LogP contribution in [0, 0.1) is 0 Å². The number of aromatic hydroxyl groups is 2. The average molecular weight is 395 g/mol. The number of phenols is 2. The van der Waals surface area contributed by atoms with Crippen molar-refractivity contribution < 1.29 is 24.5 Å². The average Bonchev–Trinajstić information content (AvgIpc) is 3.33. The van der Waals surface area contributed by atoms with E-state index in [4.69, 9.17) is 4.74 Å². The van der Waals surface area contributed by atoms with Gasteiger partial charge in [-0.25, -0.2) is 0 Å². The number of aromatic amines is 1. The van der Waals surface area contributed by atoms with E-state index in [1.165, 1.54) is 44.2 Å². The Morgan fingerprint density at radius 1 is 0.862 bits per heavy atom. The minimum atomic E-state index is -0.479. The molecule has 29 heavy (non-hydrogen) atoms. The summed E-state index contributed by atoms with van der Waals surface area (Å²) in [5.74, 6) is -0.523. The first-order valence-electron chi connectivity index (χ1n) is 9.86. The van der Waals surface area contributed by atoms with Crippen LogP contribution in [0.1, 0.15) is 59.7 Å². The number of carbonyl (C=O) groups is 2. The highest BCUT2D eigenvalue weighted by Crippen LogP contribution is 2.32. The van der Waals surface area contributed by atoms with Gasteiger partial charge in [0.15, 0.2) is 11.6 Å². The van der Waals surface area contributed by atoms with E-state index in [1.54, 1.807) is 0 Å². The number of hydrogen-bond donors (Lipinski definition) is 3. The van der Waals surface area contributed by atoms with Gasteiger partial charge in [-0.1, -0.05) is 32.6 Å². The fraction of sp³-hybridized carbons (Fsp3) is 0.304. The highest BCUT2D eigenvalue weighted by molar-refractivity contribution is 6.24. The standard InChI is InChI=1S/C13H19NO.C10H6O4/c1-2-3-4-5-6-9-15-13-10-11-7-8-12(13)14-11;11-5-1-2-6(12)10-8(14)4-3-7(13)9(5)10/h7-8,10,14H,2-6,9H2,1H3;1-4,11-12H. The smallest absolute Gasteiger partial charge is 0.190 e. The molecule has 0 atom stereocenters. The van der Waals surface area contributed by atoms with Crippen LogP contribution in [0.25, 0.3) is 11.0 Å². The van der Waals surface area contributed by atoms with Gasteiger partial charge < -0.3 is 19.9 Å². The molecule has 4 rings (SSSR count). The Balaban J connectivity index is 0.000000166. The second kappa shape index (κ2) is 9.28. The maximum Gasteiger partial charge on any atom is 0.190 e. The second-order valence-corrected chi connectivity index (χ2v) is 7.01. The highest BCUT2D eigenvalue weighted by atomic mass is 16.5. The van der Waals surface area contributed by atoms with Crippen LogP contribution in [0.3, 0.4) is 0 Å². The van der Waals surface area contributed by atoms with Gasteiger partial charge >= 0.3 is 0 Å². The topological polar surface area (TPSA) is 99.6 Å². The minimum absolute atomic E-state index is 0.127. The van der Waals surface area contributed by atoms with Gasteiger partial charge in [-0.3, -0.25) is 9.59 Å². The van der Waals surface area contributed by atoms with Crippen molar-refractivity contribution in [3.8, 4) is 17.2 Å². The number of benzene rings is 2. The molecule has 0 amide bonds. The molecular formula is C23H25NO5. The normalized spacial score (nSPS) is 12.7. The lowest BCUT2D eigenvalue weighted by Crippen LogP contribution is -2.11. The van der Waals surface area contributed by atoms with Gasteiger partial charge in [0, 0.05) is 11.6 Å². The number of nitrogens with one attached hydrogen (secondary N) is 1. The predicted molar refractivity (Wildman–Crippen MR) is 111 cm³/mol.